The van der Waals surface area contributed by atoms with Gasteiger partial charge in [0.2, 0.25) is 0 Å². The number of hydrogen-bond donors (Lipinski definition) is 1. The van der Waals surface area contributed by atoms with Gasteiger partial charge in [-0.05, 0) is 61.9 Å². The van der Waals surface area contributed by atoms with E-state index in [2.05, 4.69) is 5.32 Å². The van der Waals surface area contributed by atoms with E-state index in [0.717, 1.165) is 22.0 Å². The fraction of sp³-hybridized carbons (Fsp3) is 0.0870. The minimum Gasteiger partial charge on any atom is -0.318 e. The zero-order chi connectivity index (χ0) is 22.3. The molecule has 1 N–H and O–H groups in total. The van der Waals surface area contributed by atoms with Crippen LogP contribution in [0.5, 0.6) is 0 Å². The van der Waals surface area contributed by atoms with E-state index in [-0.39, 0.29) is 16.3 Å². The van der Waals surface area contributed by atoms with Crippen LogP contribution in [0.4, 0.5) is 10.5 Å². The second kappa shape index (κ2) is 8.06. The molecule has 3 aromatic rings. The Hall–Kier alpha value is -3.35. The second-order valence-corrected chi connectivity index (χ2v) is 7.89. The molecule has 31 heavy (non-hydrogen) atoms. The lowest BCUT2D eigenvalue weighted by molar-refractivity contribution is -0.122. The first-order chi connectivity index (χ1) is 14.8. The number of barbiturate groups is 1. The molecule has 4 rings (SSSR count). The topological polar surface area (TPSA) is 71.4 Å². The van der Waals surface area contributed by atoms with Gasteiger partial charge in [0.25, 0.3) is 11.8 Å². The first kappa shape index (κ1) is 20.9. The van der Waals surface area contributed by atoms with Crippen LogP contribution in [0, 0.1) is 13.8 Å². The maximum absolute atomic E-state index is 13.1. The Balaban J connectivity index is 1.78. The Morgan fingerprint density at radius 2 is 1.65 bits per heavy atom. The monoisotopic (exact) mass is 453 g/mol. The molecule has 4 amide bonds. The van der Waals surface area contributed by atoms with E-state index < -0.39 is 17.8 Å². The third-order valence-electron chi connectivity index (χ3n) is 5.04. The van der Waals surface area contributed by atoms with Crippen LogP contribution in [-0.2, 0) is 9.59 Å². The van der Waals surface area contributed by atoms with Crippen LogP contribution in [0.15, 0.2) is 60.2 Å². The zero-order valence-electron chi connectivity index (χ0n) is 16.6. The van der Waals surface area contributed by atoms with Crippen LogP contribution in [-0.4, -0.2) is 22.4 Å². The fourth-order valence-corrected chi connectivity index (χ4v) is 4.10. The van der Waals surface area contributed by atoms with Gasteiger partial charge in [0.1, 0.15) is 5.57 Å². The molecule has 0 atom stereocenters. The molecular weight excluding hydrogens is 437 g/mol. The third-order valence-corrected chi connectivity index (χ3v) is 5.57. The summed E-state index contributed by atoms with van der Waals surface area (Å²) in [6, 6.07) is 15.1. The number of halogens is 2. The number of benzene rings is 2. The molecule has 1 aliphatic rings. The minimum atomic E-state index is -0.869. The van der Waals surface area contributed by atoms with Crippen LogP contribution in [0.25, 0.3) is 11.8 Å². The first-order valence-corrected chi connectivity index (χ1v) is 10.1. The van der Waals surface area contributed by atoms with E-state index in [1.54, 1.807) is 0 Å². The van der Waals surface area contributed by atoms with Gasteiger partial charge in [-0.15, -0.1) is 0 Å². The van der Waals surface area contributed by atoms with Gasteiger partial charge in [-0.2, -0.15) is 0 Å². The van der Waals surface area contributed by atoms with Crippen LogP contribution >= 0.6 is 23.2 Å². The molecule has 0 radical (unpaired) electrons. The van der Waals surface area contributed by atoms with Crippen molar-refractivity contribution in [2.24, 2.45) is 0 Å². The van der Waals surface area contributed by atoms with E-state index in [1.807, 2.05) is 54.8 Å². The Labute approximate surface area is 188 Å². The highest BCUT2D eigenvalue weighted by molar-refractivity contribution is 6.42. The highest BCUT2D eigenvalue weighted by Crippen LogP contribution is 2.32. The molecule has 0 bridgehead atoms. The average molecular weight is 454 g/mol. The summed E-state index contributed by atoms with van der Waals surface area (Å²) in [7, 11) is 0. The van der Waals surface area contributed by atoms with E-state index in [9.17, 15) is 14.4 Å². The summed E-state index contributed by atoms with van der Waals surface area (Å²) in [5, 5.41) is 2.68. The summed E-state index contributed by atoms with van der Waals surface area (Å²) in [5.74, 6) is -1.52. The molecule has 0 aliphatic carbocycles. The molecule has 0 saturated carbocycles. The number of carbonyl (C=O) groups is 3. The standard InChI is InChI=1S/C23H17Cl2N3O3/c1-13-10-15(14(2)27(13)17-6-4-3-5-7-17)11-18-21(29)26-23(31)28(22(18)30)20-9-8-16(24)12-19(20)25/h3-12H,1-2H3,(H,26,29,31)/b18-11+. The molecule has 1 aliphatic heterocycles. The van der Waals surface area contributed by atoms with Gasteiger partial charge in [-0.25, -0.2) is 9.69 Å². The largest absolute Gasteiger partial charge is 0.335 e. The Morgan fingerprint density at radius 1 is 0.935 bits per heavy atom. The molecule has 6 nitrogen and oxygen atoms in total. The maximum Gasteiger partial charge on any atom is 0.335 e. The number of para-hydroxylation sites is 1. The van der Waals surface area contributed by atoms with Crippen molar-refractivity contribution in [1.82, 2.24) is 9.88 Å². The van der Waals surface area contributed by atoms with E-state index in [1.165, 1.54) is 24.3 Å². The first-order valence-electron chi connectivity index (χ1n) is 9.39. The predicted molar refractivity (Wildman–Crippen MR) is 121 cm³/mol. The van der Waals surface area contributed by atoms with Gasteiger partial charge in [0.05, 0.1) is 10.7 Å². The quantitative estimate of drug-likeness (QED) is 0.444. The van der Waals surface area contributed by atoms with Crippen LogP contribution in [0.3, 0.4) is 0 Å². The summed E-state index contributed by atoms with van der Waals surface area (Å²) in [4.78, 5) is 38.9. The van der Waals surface area contributed by atoms with Crippen LogP contribution < -0.4 is 10.2 Å². The molecule has 0 unspecified atom stereocenters. The normalized spacial score (nSPS) is 15.5. The number of nitrogens with zero attached hydrogens (tertiary/aromatic N) is 2. The van der Waals surface area contributed by atoms with Gasteiger partial charge < -0.3 is 4.57 Å². The number of aromatic nitrogens is 1. The average Bonchev–Trinajstić information content (AvgIpc) is 3.00. The number of hydrogen-bond acceptors (Lipinski definition) is 3. The Kier molecular flexibility index (Phi) is 5.43. The molecule has 2 heterocycles. The molecule has 1 fully saturated rings. The van der Waals surface area contributed by atoms with E-state index in [0.29, 0.717) is 10.6 Å². The number of anilines is 1. The SMILES string of the molecule is Cc1cc(/C=C2\C(=O)NC(=O)N(c3ccc(Cl)cc3Cl)C2=O)c(C)n1-c1ccccc1. The maximum atomic E-state index is 13.1. The third kappa shape index (κ3) is 3.76. The van der Waals surface area contributed by atoms with Crippen molar-refractivity contribution >= 4 is 52.8 Å². The number of aryl methyl sites for hydroxylation is 1. The number of urea groups is 1. The zero-order valence-corrected chi connectivity index (χ0v) is 18.2. The highest BCUT2D eigenvalue weighted by atomic mass is 35.5. The van der Waals surface area contributed by atoms with Gasteiger partial charge in [0.15, 0.2) is 0 Å². The minimum absolute atomic E-state index is 0.118. The van der Waals surface area contributed by atoms with Gasteiger partial charge >= 0.3 is 6.03 Å². The number of rotatable bonds is 3. The van der Waals surface area contributed by atoms with Crippen molar-refractivity contribution in [3.63, 3.8) is 0 Å². The van der Waals surface area contributed by atoms with Gasteiger partial charge in [-0.3, -0.25) is 14.9 Å². The Bertz CT molecular complexity index is 1260. The molecule has 1 saturated heterocycles. The molecular formula is C23H17Cl2N3O3. The van der Waals surface area contributed by atoms with Crippen molar-refractivity contribution < 1.29 is 14.4 Å². The number of amides is 4. The highest BCUT2D eigenvalue weighted by Gasteiger charge is 2.38. The van der Waals surface area contributed by atoms with E-state index >= 15 is 0 Å². The summed E-state index contributed by atoms with van der Waals surface area (Å²) in [6.45, 7) is 3.84. The molecule has 1 aromatic heterocycles. The van der Waals surface area contributed by atoms with Crippen molar-refractivity contribution in [1.29, 1.82) is 0 Å². The summed E-state index contributed by atoms with van der Waals surface area (Å²) in [5.41, 5.74) is 3.42. The summed E-state index contributed by atoms with van der Waals surface area (Å²) in [6.07, 6.45) is 1.49. The fourth-order valence-electron chi connectivity index (χ4n) is 3.60. The number of nitrogens with one attached hydrogen (secondary N) is 1. The number of carbonyl (C=O) groups excluding carboxylic acids is 3. The van der Waals surface area contributed by atoms with Crippen molar-refractivity contribution in [2.75, 3.05) is 4.90 Å². The lowest BCUT2D eigenvalue weighted by Crippen LogP contribution is -2.54. The smallest absolute Gasteiger partial charge is 0.318 e. The lowest BCUT2D eigenvalue weighted by Gasteiger charge is -2.27. The summed E-state index contributed by atoms with van der Waals surface area (Å²) < 4.78 is 2.02. The van der Waals surface area contributed by atoms with Crippen LogP contribution in [0.2, 0.25) is 10.0 Å². The Morgan fingerprint density at radius 3 is 2.32 bits per heavy atom. The molecule has 8 heteroatoms. The summed E-state index contributed by atoms with van der Waals surface area (Å²) >= 11 is 12.1. The van der Waals surface area contributed by atoms with Crippen molar-refractivity contribution in [2.45, 2.75) is 13.8 Å². The van der Waals surface area contributed by atoms with E-state index in [4.69, 9.17) is 23.2 Å². The van der Waals surface area contributed by atoms with Crippen molar-refractivity contribution in [3.8, 4) is 5.69 Å². The second-order valence-electron chi connectivity index (χ2n) is 7.05. The molecule has 156 valence electrons. The predicted octanol–water partition coefficient (Wildman–Crippen LogP) is 5.07. The van der Waals surface area contributed by atoms with Gasteiger partial charge in [-0.1, -0.05) is 41.4 Å². The van der Waals surface area contributed by atoms with Gasteiger partial charge in [0, 0.05) is 22.1 Å². The molecule has 2 aromatic carbocycles. The number of imide groups is 2. The van der Waals surface area contributed by atoms with Crippen LogP contribution in [0.1, 0.15) is 17.0 Å². The lowest BCUT2D eigenvalue weighted by atomic mass is 10.1. The van der Waals surface area contributed by atoms with Crippen molar-refractivity contribution in [3.05, 3.63) is 87.2 Å². The molecule has 0 spiro atoms.